The van der Waals surface area contributed by atoms with Gasteiger partial charge in [-0.25, -0.2) is 4.68 Å². The average molecular weight is 297 g/mol. The summed E-state index contributed by atoms with van der Waals surface area (Å²) in [6, 6.07) is 0. The van der Waals surface area contributed by atoms with E-state index in [4.69, 9.17) is 0 Å². The number of halogens is 3. The molecule has 0 aliphatic heterocycles. The number of hydrogen-bond donors (Lipinski definition) is 0. The quantitative estimate of drug-likeness (QED) is 0.856. The van der Waals surface area contributed by atoms with Crippen LogP contribution in [0.1, 0.15) is 13.8 Å². The van der Waals surface area contributed by atoms with Gasteiger partial charge >= 0.3 is 6.61 Å². The summed E-state index contributed by atoms with van der Waals surface area (Å²) in [5, 5.41) is 3.75. The van der Waals surface area contributed by atoms with Crippen LogP contribution in [0.25, 0.3) is 0 Å². The number of rotatable bonds is 4. The number of nitrogens with zero attached hydrogens (tertiary/aromatic N) is 2. The summed E-state index contributed by atoms with van der Waals surface area (Å²) in [7, 11) is 0. The molecule has 1 rings (SSSR count). The van der Waals surface area contributed by atoms with Crippen molar-refractivity contribution in [3.63, 3.8) is 0 Å². The SMILES string of the molecule is CC(C)Cn1ncc(OC(F)F)c(Br)c1=O. The summed E-state index contributed by atoms with van der Waals surface area (Å²) in [5.41, 5.74) is -0.480. The normalized spacial score (nSPS) is 11.2. The third-order valence-corrected chi connectivity index (χ3v) is 2.44. The van der Waals surface area contributed by atoms with E-state index in [-0.39, 0.29) is 16.1 Å². The Morgan fingerprint density at radius 3 is 2.69 bits per heavy atom. The predicted molar refractivity (Wildman–Crippen MR) is 57.7 cm³/mol. The van der Waals surface area contributed by atoms with Gasteiger partial charge in [-0.3, -0.25) is 4.79 Å². The highest BCUT2D eigenvalue weighted by molar-refractivity contribution is 9.10. The fraction of sp³-hybridized carbons (Fsp3) is 0.556. The number of ether oxygens (including phenoxy) is 1. The minimum Gasteiger partial charge on any atom is -0.432 e. The molecule has 0 unspecified atom stereocenters. The molecule has 0 spiro atoms. The van der Waals surface area contributed by atoms with Crippen LogP contribution in [0.15, 0.2) is 15.5 Å². The molecule has 7 heteroatoms. The van der Waals surface area contributed by atoms with Gasteiger partial charge in [-0.05, 0) is 21.8 Å². The van der Waals surface area contributed by atoms with Crippen LogP contribution < -0.4 is 10.3 Å². The average Bonchev–Trinajstić information content (AvgIpc) is 2.16. The highest BCUT2D eigenvalue weighted by atomic mass is 79.9. The fourth-order valence-electron chi connectivity index (χ4n) is 1.10. The standard InChI is InChI=1S/C9H11BrF2N2O2/c1-5(2)4-14-8(15)7(10)6(3-13-14)16-9(11)12/h3,5,9H,4H2,1-2H3. The van der Waals surface area contributed by atoms with E-state index in [9.17, 15) is 13.6 Å². The van der Waals surface area contributed by atoms with Crippen molar-refractivity contribution in [1.29, 1.82) is 0 Å². The van der Waals surface area contributed by atoms with E-state index >= 15 is 0 Å². The zero-order chi connectivity index (χ0) is 12.3. The Morgan fingerprint density at radius 2 is 2.19 bits per heavy atom. The molecule has 1 heterocycles. The van der Waals surface area contributed by atoms with E-state index in [1.807, 2.05) is 13.8 Å². The second-order valence-corrected chi connectivity index (χ2v) is 4.38. The van der Waals surface area contributed by atoms with Crippen LogP contribution in [0.3, 0.4) is 0 Å². The molecule has 0 atom stereocenters. The first-order valence-electron chi connectivity index (χ1n) is 4.62. The lowest BCUT2D eigenvalue weighted by Gasteiger charge is -2.10. The Morgan fingerprint density at radius 1 is 1.56 bits per heavy atom. The third kappa shape index (κ3) is 3.26. The lowest BCUT2D eigenvalue weighted by atomic mass is 10.2. The summed E-state index contributed by atoms with van der Waals surface area (Å²) in [5.74, 6) is -0.0148. The maximum atomic E-state index is 12.0. The van der Waals surface area contributed by atoms with Gasteiger partial charge in [-0.1, -0.05) is 13.8 Å². The summed E-state index contributed by atoms with van der Waals surface area (Å²) in [6.07, 6.45) is 1.10. The number of aromatic nitrogens is 2. The number of hydrogen-bond acceptors (Lipinski definition) is 3. The minimum atomic E-state index is -2.97. The first-order valence-corrected chi connectivity index (χ1v) is 5.41. The summed E-state index contributed by atoms with van der Waals surface area (Å²) >= 11 is 2.92. The first-order chi connectivity index (χ1) is 7.41. The molecular formula is C9H11BrF2N2O2. The maximum absolute atomic E-state index is 12.0. The molecule has 0 bridgehead atoms. The van der Waals surface area contributed by atoms with Crippen molar-refractivity contribution in [2.24, 2.45) is 5.92 Å². The van der Waals surface area contributed by atoms with E-state index in [0.717, 1.165) is 6.20 Å². The molecule has 0 aliphatic carbocycles. The fourth-order valence-corrected chi connectivity index (χ4v) is 1.50. The Bertz CT molecular complexity index is 420. The van der Waals surface area contributed by atoms with Gasteiger partial charge in [0.1, 0.15) is 4.47 Å². The van der Waals surface area contributed by atoms with Gasteiger partial charge in [0.25, 0.3) is 5.56 Å². The molecule has 0 saturated carbocycles. The minimum absolute atomic E-state index is 0.0385. The molecule has 0 saturated heterocycles. The van der Waals surface area contributed by atoms with Crippen molar-refractivity contribution in [3.05, 3.63) is 21.0 Å². The molecule has 1 aromatic heterocycles. The van der Waals surface area contributed by atoms with Crippen molar-refractivity contribution in [3.8, 4) is 5.75 Å². The van der Waals surface area contributed by atoms with E-state index in [1.54, 1.807) is 0 Å². The number of alkyl halides is 2. The van der Waals surface area contributed by atoms with E-state index in [0.29, 0.717) is 6.54 Å². The Balaban J connectivity index is 3.04. The van der Waals surface area contributed by atoms with E-state index < -0.39 is 12.2 Å². The van der Waals surface area contributed by atoms with Gasteiger partial charge in [0.05, 0.1) is 6.20 Å². The highest BCUT2D eigenvalue weighted by Gasteiger charge is 2.14. The van der Waals surface area contributed by atoms with Crippen LogP contribution in [-0.4, -0.2) is 16.4 Å². The highest BCUT2D eigenvalue weighted by Crippen LogP contribution is 2.21. The molecule has 0 N–H and O–H groups in total. The van der Waals surface area contributed by atoms with Crippen LogP contribution in [0.2, 0.25) is 0 Å². The Kier molecular flexibility index (Phi) is 4.40. The van der Waals surface area contributed by atoms with Gasteiger partial charge in [0, 0.05) is 6.54 Å². The Hall–Kier alpha value is -0.980. The van der Waals surface area contributed by atoms with Crippen LogP contribution >= 0.6 is 15.9 Å². The molecule has 4 nitrogen and oxygen atoms in total. The molecule has 0 aromatic carbocycles. The molecule has 0 amide bonds. The topological polar surface area (TPSA) is 44.1 Å². The smallest absolute Gasteiger partial charge is 0.387 e. The zero-order valence-electron chi connectivity index (χ0n) is 8.78. The molecule has 0 aliphatic rings. The van der Waals surface area contributed by atoms with Gasteiger partial charge in [0.15, 0.2) is 5.75 Å². The largest absolute Gasteiger partial charge is 0.432 e. The van der Waals surface area contributed by atoms with Crippen molar-refractivity contribution < 1.29 is 13.5 Å². The van der Waals surface area contributed by atoms with Gasteiger partial charge in [-0.2, -0.15) is 13.9 Å². The predicted octanol–water partition coefficient (Wildman–Crippen LogP) is 2.26. The van der Waals surface area contributed by atoms with Crippen molar-refractivity contribution in [2.45, 2.75) is 27.0 Å². The molecule has 1 aromatic rings. The van der Waals surface area contributed by atoms with Crippen LogP contribution in [0.4, 0.5) is 8.78 Å². The second kappa shape index (κ2) is 5.38. The maximum Gasteiger partial charge on any atom is 0.387 e. The van der Waals surface area contributed by atoms with Crippen LogP contribution in [-0.2, 0) is 6.54 Å². The lowest BCUT2D eigenvalue weighted by molar-refractivity contribution is -0.0508. The van der Waals surface area contributed by atoms with Gasteiger partial charge in [0.2, 0.25) is 0 Å². The first kappa shape index (κ1) is 13.1. The van der Waals surface area contributed by atoms with E-state index in [1.165, 1.54) is 4.68 Å². The zero-order valence-corrected chi connectivity index (χ0v) is 10.4. The summed E-state index contributed by atoms with van der Waals surface area (Å²) in [4.78, 5) is 11.6. The van der Waals surface area contributed by atoms with Gasteiger partial charge in [-0.15, -0.1) is 0 Å². The lowest BCUT2D eigenvalue weighted by Crippen LogP contribution is -2.26. The van der Waals surface area contributed by atoms with E-state index in [2.05, 4.69) is 25.8 Å². The van der Waals surface area contributed by atoms with Crippen LogP contribution in [0.5, 0.6) is 5.75 Å². The van der Waals surface area contributed by atoms with Crippen molar-refractivity contribution in [2.75, 3.05) is 0 Å². The summed E-state index contributed by atoms with van der Waals surface area (Å²) < 4.78 is 29.2. The monoisotopic (exact) mass is 296 g/mol. The summed E-state index contributed by atoms with van der Waals surface area (Å²) in [6.45, 7) is 1.29. The van der Waals surface area contributed by atoms with Crippen LogP contribution in [0, 0.1) is 5.92 Å². The third-order valence-electron chi connectivity index (χ3n) is 1.71. The molecule has 0 radical (unpaired) electrons. The molecule has 16 heavy (non-hydrogen) atoms. The molecule has 90 valence electrons. The molecule has 0 fully saturated rings. The Labute approximate surface area is 99.3 Å². The van der Waals surface area contributed by atoms with Gasteiger partial charge < -0.3 is 4.74 Å². The van der Waals surface area contributed by atoms with Crippen molar-refractivity contribution >= 4 is 15.9 Å². The van der Waals surface area contributed by atoms with Crippen molar-refractivity contribution in [1.82, 2.24) is 9.78 Å². The molecular weight excluding hydrogens is 286 g/mol. The second-order valence-electron chi connectivity index (χ2n) is 3.58.